The number of hydrogen-bond acceptors (Lipinski definition) is 3. The maximum atomic E-state index is 6.68. The first kappa shape index (κ1) is 77.6. The average Bonchev–Trinajstić information content (AvgIpc) is 3.47. The normalized spacial score (nSPS) is 11.6. The molecule has 0 aliphatic carbocycles. The fourth-order valence-electron chi connectivity index (χ4n) is 12.5. The Morgan fingerprint density at radius 2 is 0.383 bits per heavy atom. The molecule has 0 aliphatic rings. The zero-order valence-electron chi connectivity index (χ0n) is 56.2. The van der Waals surface area contributed by atoms with Gasteiger partial charge >= 0.3 is 0 Å². The van der Waals surface area contributed by atoms with Crippen molar-refractivity contribution >= 4 is 0 Å². The van der Waals surface area contributed by atoms with Gasteiger partial charge in [0.05, 0.1) is 19.8 Å². The van der Waals surface area contributed by atoms with Gasteiger partial charge in [0.1, 0.15) is 0 Å². The van der Waals surface area contributed by atoms with Crippen LogP contribution in [0.4, 0.5) is 0 Å². The Kier molecular flexibility index (Phi) is 64.9. The van der Waals surface area contributed by atoms with Gasteiger partial charge in [0.25, 0.3) is 0 Å². The fraction of sp³-hybridized carbons (Fsp3) is 0.910. The molecule has 0 unspecified atom stereocenters. The molecule has 0 N–H and O–H groups in total. The van der Waals surface area contributed by atoms with E-state index < -0.39 is 0 Å². The van der Waals surface area contributed by atoms with Crippen molar-refractivity contribution in [3.63, 3.8) is 0 Å². The summed E-state index contributed by atoms with van der Waals surface area (Å²) in [6, 6.07) is 4.48. The molecule has 0 heterocycles. The lowest BCUT2D eigenvalue weighted by Gasteiger charge is -2.19. The summed E-state index contributed by atoms with van der Waals surface area (Å²) in [7, 11) is 0. The van der Waals surface area contributed by atoms with Crippen LogP contribution in [0, 0.1) is 6.92 Å². The van der Waals surface area contributed by atoms with Crippen LogP contribution in [0.2, 0.25) is 0 Å². The Morgan fingerprint density at radius 3 is 0.556 bits per heavy atom. The van der Waals surface area contributed by atoms with Gasteiger partial charge < -0.3 is 14.2 Å². The molecule has 0 atom stereocenters. The molecule has 0 aliphatic heterocycles. The number of ether oxygens (including phenoxy) is 3. The van der Waals surface area contributed by atoms with Crippen molar-refractivity contribution in [2.75, 3.05) is 19.8 Å². The molecule has 0 saturated heterocycles. The van der Waals surface area contributed by atoms with Gasteiger partial charge in [0, 0.05) is 0 Å². The zero-order valence-corrected chi connectivity index (χ0v) is 56.2. The first-order chi connectivity index (χ1) is 40.3. The van der Waals surface area contributed by atoms with E-state index in [1.54, 1.807) is 0 Å². The van der Waals surface area contributed by atoms with Crippen LogP contribution in [-0.2, 0) is 6.42 Å². The van der Waals surface area contributed by atoms with Crippen LogP contribution in [0.15, 0.2) is 12.1 Å². The Morgan fingerprint density at radius 1 is 0.222 bits per heavy atom. The second-order valence-electron chi connectivity index (χ2n) is 26.3. The monoisotopic (exact) mass is 1130 g/mol. The van der Waals surface area contributed by atoms with Crippen LogP contribution in [0.3, 0.4) is 0 Å². The summed E-state index contributed by atoms with van der Waals surface area (Å²) >= 11 is 0. The molecule has 0 amide bonds. The molecule has 81 heavy (non-hydrogen) atoms. The van der Waals surface area contributed by atoms with Crippen LogP contribution in [0.1, 0.15) is 437 Å². The van der Waals surface area contributed by atoms with E-state index in [9.17, 15) is 0 Å². The van der Waals surface area contributed by atoms with E-state index in [1.807, 2.05) is 0 Å². The molecule has 1 aromatic rings. The standard InChI is InChI=1S/C78H149O3/c1-5-9-12-15-18-21-24-27-30-33-36-39-42-45-48-51-54-57-60-63-66-70-79-76-73-75(69-8-4)74-77(80-71-67-64-61-58-55-52-49-46-43-40-37-34-31-28-25-22-19-16-13-10-6-2)78(76)81-72-68-65-62-59-56-53-50-47-44-41-38-35-32-29-26-23-20-17-14-11-7-3/h73-74H,4-72H2,1-3H3. The molecule has 0 fully saturated rings. The van der Waals surface area contributed by atoms with Gasteiger partial charge in [-0.1, -0.05) is 413 Å². The van der Waals surface area contributed by atoms with Gasteiger partial charge in [0.2, 0.25) is 5.75 Å². The lowest BCUT2D eigenvalue weighted by atomic mass is 10.0. The van der Waals surface area contributed by atoms with Crippen LogP contribution in [-0.4, -0.2) is 19.8 Å². The first-order valence-electron chi connectivity index (χ1n) is 38.1. The summed E-state index contributed by atoms with van der Waals surface area (Å²) in [5.74, 6) is 2.64. The van der Waals surface area contributed by atoms with Gasteiger partial charge in [-0.3, -0.25) is 0 Å². The fourth-order valence-corrected chi connectivity index (χ4v) is 12.5. The smallest absolute Gasteiger partial charge is 0.203 e. The third-order valence-corrected chi connectivity index (χ3v) is 18.1. The molecule has 0 aromatic heterocycles. The SMILES string of the molecule is [CH2]CCc1cc(OCCCCCCCCCCCCCCCCCCCCCCC)c(OCCCCCCCCCCCCCCCCCCCCCCC)c(OCCCCCCCCCCCCCCCCCCCCCCC)c1. The van der Waals surface area contributed by atoms with Crippen molar-refractivity contribution in [3.8, 4) is 17.2 Å². The van der Waals surface area contributed by atoms with E-state index in [1.165, 1.54) is 391 Å². The van der Waals surface area contributed by atoms with Crippen molar-refractivity contribution < 1.29 is 14.2 Å². The maximum absolute atomic E-state index is 6.68. The Bertz CT molecular complexity index is 1240. The quantitative estimate of drug-likeness (QED) is 0.0609. The molecule has 0 saturated carbocycles. The average molecular weight is 1140 g/mol. The number of aryl methyl sites for hydroxylation is 1. The van der Waals surface area contributed by atoms with E-state index in [-0.39, 0.29) is 0 Å². The lowest BCUT2D eigenvalue weighted by molar-refractivity contribution is 0.234. The highest BCUT2D eigenvalue weighted by atomic mass is 16.5. The number of unbranched alkanes of at least 4 members (excludes halogenated alkanes) is 60. The molecular formula is C78H149O3. The molecule has 0 bridgehead atoms. The third-order valence-electron chi connectivity index (χ3n) is 18.1. The topological polar surface area (TPSA) is 27.7 Å². The summed E-state index contributed by atoms with van der Waals surface area (Å²) in [5.41, 5.74) is 1.26. The van der Waals surface area contributed by atoms with Gasteiger partial charge in [-0.2, -0.15) is 0 Å². The Hall–Kier alpha value is -1.38. The van der Waals surface area contributed by atoms with E-state index in [0.717, 1.165) is 69.2 Å². The zero-order chi connectivity index (χ0) is 57.9. The van der Waals surface area contributed by atoms with Crippen LogP contribution in [0.25, 0.3) is 0 Å². The van der Waals surface area contributed by atoms with E-state index in [4.69, 9.17) is 14.2 Å². The summed E-state index contributed by atoms with van der Waals surface area (Å²) in [5, 5.41) is 0. The van der Waals surface area contributed by atoms with Gasteiger partial charge in [0.15, 0.2) is 11.5 Å². The van der Waals surface area contributed by atoms with Crippen LogP contribution in [0.5, 0.6) is 17.2 Å². The highest BCUT2D eigenvalue weighted by Crippen LogP contribution is 2.40. The predicted octanol–water partition coefficient (Wildman–Crippen LogP) is 28.2. The van der Waals surface area contributed by atoms with Gasteiger partial charge in [-0.05, 0) is 49.8 Å². The minimum atomic E-state index is 0.735. The van der Waals surface area contributed by atoms with E-state index in [0.29, 0.717) is 0 Å². The van der Waals surface area contributed by atoms with Crippen LogP contribution >= 0.6 is 0 Å². The van der Waals surface area contributed by atoms with Crippen LogP contribution < -0.4 is 14.2 Å². The molecular weight excluding hydrogens is 985 g/mol. The van der Waals surface area contributed by atoms with E-state index in [2.05, 4.69) is 39.8 Å². The van der Waals surface area contributed by atoms with Gasteiger partial charge in [-0.15, -0.1) is 0 Å². The Balaban J connectivity index is 2.38. The third kappa shape index (κ3) is 57.5. The first-order valence-corrected chi connectivity index (χ1v) is 38.1. The largest absolute Gasteiger partial charge is 0.490 e. The highest BCUT2D eigenvalue weighted by Gasteiger charge is 2.16. The number of hydrogen-bond donors (Lipinski definition) is 0. The molecule has 1 radical (unpaired) electrons. The second-order valence-corrected chi connectivity index (χ2v) is 26.3. The summed E-state index contributed by atoms with van der Waals surface area (Å²) in [6.07, 6.45) is 90.5. The summed E-state index contributed by atoms with van der Waals surface area (Å²) < 4.78 is 19.9. The Labute approximate surface area is 511 Å². The van der Waals surface area contributed by atoms with Crippen molar-refractivity contribution in [2.45, 2.75) is 438 Å². The molecule has 3 nitrogen and oxygen atoms in total. The lowest BCUT2D eigenvalue weighted by Crippen LogP contribution is -2.07. The van der Waals surface area contributed by atoms with Crippen molar-refractivity contribution in [2.24, 2.45) is 0 Å². The van der Waals surface area contributed by atoms with Gasteiger partial charge in [-0.25, -0.2) is 0 Å². The number of benzene rings is 1. The summed E-state index contributed by atoms with van der Waals surface area (Å²) in [6.45, 7) is 13.4. The van der Waals surface area contributed by atoms with Crippen molar-refractivity contribution in [1.82, 2.24) is 0 Å². The highest BCUT2D eigenvalue weighted by molar-refractivity contribution is 5.54. The number of rotatable bonds is 71. The summed E-state index contributed by atoms with van der Waals surface area (Å²) in [4.78, 5) is 0. The minimum Gasteiger partial charge on any atom is -0.490 e. The molecule has 0 spiro atoms. The van der Waals surface area contributed by atoms with E-state index >= 15 is 0 Å². The molecule has 1 rings (SSSR count). The molecule has 3 heteroatoms. The van der Waals surface area contributed by atoms with Crippen molar-refractivity contribution in [3.05, 3.63) is 24.6 Å². The minimum absolute atomic E-state index is 0.735. The van der Waals surface area contributed by atoms with Crippen molar-refractivity contribution in [1.29, 1.82) is 0 Å². The molecule has 1 aromatic carbocycles. The second kappa shape index (κ2) is 67.7. The molecule has 479 valence electrons. The maximum Gasteiger partial charge on any atom is 0.203 e. The predicted molar refractivity (Wildman–Crippen MR) is 364 cm³/mol.